The molecule has 1 aromatic carbocycles. The Bertz CT molecular complexity index is 1170. The zero-order valence-electron chi connectivity index (χ0n) is 19.2. The van der Waals surface area contributed by atoms with E-state index < -0.39 is 0 Å². The molecular weight excluding hydrogens is 447 g/mol. The molecule has 0 bridgehead atoms. The van der Waals surface area contributed by atoms with Gasteiger partial charge in [-0.15, -0.1) is 11.3 Å². The van der Waals surface area contributed by atoms with Crippen molar-refractivity contribution in [3.8, 4) is 11.3 Å². The van der Waals surface area contributed by atoms with Gasteiger partial charge in [0.15, 0.2) is 0 Å². The summed E-state index contributed by atoms with van der Waals surface area (Å²) in [7, 11) is 0. The summed E-state index contributed by atoms with van der Waals surface area (Å²) >= 11 is 1.70. The molecule has 6 rings (SSSR count). The summed E-state index contributed by atoms with van der Waals surface area (Å²) in [6.45, 7) is 1.61. The van der Waals surface area contributed by atoms with Gasteiger partial charge in [0.2, 0.25) is 5.91 Å². The molecule has 2 aliphatic carbocycles. The van der Waals surface area contributed by atoms with Crippen LogP contribution in [-0.2, 0) is 4.79 Å². The highest BCUT2D eigenvalue weighted by Crippen LogP contribution is 2.39. The standard InChI is InChI=1S/C27H29FN4OS/c28-20-9-7-17(8-10-20)24-25(22-3-1-2-4-23(30-22)29-21-11-12-21)34-26(31-24)18-13-15-32(16-14-18)27(33)19-5-6-19/h1,3-4,7-10,18-19,21,29H,2,5-6,11-16H2. The van der Waals surface area contributed by atoms with Crippen molar-refractivity contribution in [1.82, 2.24) is 15.2 Å². The quantitative estimate of drug-likeness (QED) is 0.607. The number of benzene rings is 1. The number of amides is 1. The molecule has 1 amide bonds. The smallest absolute Gasteiger partial charge is 0.225 e. The van der Waals surface area contributed by atoms with Gasteiger partial charge >= 0.3 is 0 Å². The lowest BCUT2D eigenvalue weighted by Gasteiger charge is -2.31. The zero-order valence-corrected chi connectivity index (χ0v) is 20.0. The number of aromatic nitrogens is 1. The maximum atomic E-state index is 13.6. The van der Waals surface area contributed by atoms with Crippen LogP contribution in [0.15, 0.2) is 53.3 Å². The molecule has 1 saturated heterocycles. The number of piperidine rings is 1. The van der Waals surface area contributed by atoms with Crippen molar-refractivity contribution in [1.29, 1.82) is 0 Å². The molecule has 7 heteroatoms. The van der Waals surface area contributed by atoms with Crippen LogP contribution >= 0.6 is 11.3 Å². The third-order valence-electron chi connectivity index (χ3n) is 6.97. The number of halogens is 1. The number of likely N-dealkylation sites (tertiary alicyclic amines) is 1. The first-order chi connectivity index (χ1) is 16.6. The van der Waals surface area contributed by atoms with Crippen molar-refractivity contribution in [2.24, 2.45) is 10.9 Å². The molecule has 2 aliphatic heterocycles. The SMILES string of the molecule is O=C(C1CC1)N1CCC(c2nc(-c3ccc(F)cc3)c(C3=NC(NC4CC4)=CCC=C3)s2)CC1. The molecule has 176 valence electrons. The highest BCUT2D eigenvalue weighted by atomic mass is 32.1. The molecule has 0 atom stereocenters. The van der Waals surface area contributed by atoms with Crippen LogP contribution in [0.2, 0.25) is 0 Å². The second kappa shape index (κ2) is 9.10. The molecule has 2 aromatic rings. The second-order valence-corrected chi connectivity index (χ2v) is 10.8. The Kier molecular flexibility index (Phi) is 5.81. The van der Waals surface area contributed by atoms with E-state index in [0.29, 0.717) is 17.9 Å². The van der Waals surface area contributed by atoms with Gasteiger partial charge in [0.05, 0.1) is 21.3 Å². The predicted molar refractivity (Wildman–Crippen MR) is 133 cm³/mol. The molecule has 0 unspecified atom stereocenters. The van der Waals surface area contributed by atoms with Gasteiger partial charge in [-0.25, -0.2) is 14.4 Å². The summed E-state index contributed by atoms with van der Waals surface area (Å²) in [6.07, 6.45) is 13.6. The van der Waals surface area contributed by atoms with E-state index in [2.05, 4.69) is 23.5 Å². The Balaban J connectivity index is 1.30. The fraction of sp³-hybridized carbons (Fsp3) is 0.444. The van der Waals surface area contributed by atoms with Gasteiger partial charge in [-0.1, -0.05) is 6.08 Å². The summed E-state index contributed by atoms with van der Waals surface area (Å²) < 4.78 is 13.6. The van der Waals surface area contributed by atoms with E-state index >= 15 is 0 Å². The molecule has 2 saturated carbocycles. The number of hydrogen-bond donors (Lipinski definition) is 1. The Labute approximate surface area is 203 Å². The van der Waals surface area contributed by atoms with E-state index in [1.165, 1.54) is 25.0 Å². The number of aliphatic imine (C=N–C) groups is 1. The first-order valence-electron chi connectivity index (χ1n) is 12.4. The Morgan fingerprint density at radius 2 is 1.82 bits per heavy atom. The minimum absolute atomic E-state index is 0.251. The monoisotopic (exact) mass is 476 g/mol. The number of allylic oxidation sites excluding steroid dienone is 3. The first-order valence-corrected chi connectivity index (χ1v) is 13.2. The zero-order chi connectivity index (χ0) is 23.1. The van der Waals surface area contributed by atoms with Gasteiger partial charge in [-0.2, -0.15) is 0 Å². The lowest BCUT2D eigenvalue weighted by Crippen LogP contribution is -2.38. The summed E-state index contributed by atoms with van der Waals surface area (Å²) in [4.78, 5) is 25.6. The summed E-state index contributed by atoms with van der Waals surface area (Å²) in [6, 6.07) is 7.12. The van der Waals surface area contributed by atoms with Gasteiger partial charge in [-0.3, -0.25) is 4.79 Å². The van der Waals surface area contributed by atoms with Crippen LogP contribution in [0.5, 0.6) is 0 Å². The molecule has 5 nitrogen and oxygen atoms in total. The van der Waals surface area contributed by atoms with Crippen LogP contribution in [0, 0.1) is 11.7 Å². The lowest BCUT2D eigenvalue weighted by atomic mass is 9.97. The number of thiazole rings is 1. The Hall–Kier alpha value is -2.80. The van der Waals surface area contributed by atoms with E-state index in [-0.39, 0.29) is 11.7 Å². The second-order valence-electron chi connectivity index (χ2n) is 9.75. The van der Waals surface area contributed by atoms with Crippen LogP contribution in [-0.4, -0.2) is 40.6 Å². The van der Waals surface area contributed by atoms with Crippen LogP contribution in [0.1, 0.15) is 60.7 Å². The van der Waals surface area contributed by atoms with Crippen LogP contribution < -0.4 is 5.32 Å². The van der Waals surface area contributed by atoms with Gasteiger partial charge in [-0.05, 0) is 81.4 Å². The fourth-order valence-corrected chi connectivity index (χ4v) is 5.88. The van der Waals surface area contributed by atoms with Gasteiger partial charge < -0.3 is 10.2 Å². The molecule has 3 fully saturated rings. The highest BCUT2D eigenvalue weighted by molar-refractivity contribution is 7.14. The first kappa shape index (κ1) is 21.7. The topological polar surface area (TPSA) is 57.6 Å². The summed E-state index contributed by atoms with van der Waals surface area (Å²) in [5.41, 5.74) is 2.68. The van der Waals surface area contributed by atoms with Crippen molar-refractivity contribution in [3.63, 3.8) is 0 Å². The Morgan fingerprint density at radius 3 is 2.53 bits per heavy atom. The van der Waals surface area contributed by atoms with E-state index in [1.807, 2.05) is 4.90 Å². The van der Waals surface area contributed by atoms with Crippen molar-refractivity contribution < 1.29 is 9.18 Å². The van der Waals surface area contributed by atoms with Gasteiger partial charge in [0.1, 0.15) is 11.6 Å². The van der Waals surface area contributed by atoms with Crippen molar-refractivity contribution >= 4 is 23.0 Å². The maximum absolute atomic E-state index is 13.6. The highest BCUT2D eigenvalue weighted by Gasteiger charge is 2.36. The average molecular weight is 477 g/mol. The molecule has 0 radical (unpaired) electrons. The summed E-state index contributed by atoms with van der Waals surface area (Å²) in [5, 5.41) is 4.62. The largest absolute Gasteiger partial charge is 0.368 e. The third-order valence-corrected chi connectivity index (χ3v) is 8.21. The molecule has 0 spiro atoms. The van der Waals surface area contributed by atoms with Gasteiger partial charge in [0, 0.05) is 36.5 Å². The number of carbonyl (C=O) groups excluding carboxylic acids is 1. The van der Waals surface area contributed by atoms with Crippen LogP contribution in [0.3, 0.4) is 0 Å². The third kappa shape index (κ3) is 4.71. The minimum atomic E-state index is -0.251. The average Bonchev–Trinajstić information content (AvgIpc) is 3.78. The normalized spacial score (nSPS) is 21.1. The number of hydrogen-bond acceptors (Lipinski definition) is 5. The van der Waals surface area contributed by atoms with Crippen molar-refractivity contribution in [3.05, 3.63) is 64.0 Å². The van der Waals surface area contributed by atoms with E-state index in [1.54, 1.807) is 23.5 Å². The molecule has 3 heterocycles. The minimum Gasteiger partial charge on any atom is -0.368 e. The van der Waals surface area contributed by atoms with E-state index in [4.69, 9.17) is 9.98 Å². The number of nitrogens with one attached hydrogen (secondary N) is 1. The number of carbonyl (C=O) groups is 1. The molecule has 1 aromatic heterocycles. The van der Waals surface area contributed by atoms with E-state index in [9.17, 15) is 9.18 Å². The van der Waals surface area contributed by atoms with Crippen LogP contribution in [0.4, 0.5) is 4.39 Å². The lowest BCUT2D eigenvalue weighted by molar-refractivity contribution is -0.133. The molecule has 1 N–H and O–H groups in total. The van der Waals surface area contributed by atoms with Gasteiger partial charge in [0.25, 0.3) is 0 Å². The predicted octanol–water partition coefficient (Wildman–Crippen LogP) is 5.41. The summed E-state index contributed by atoms with van der Waals surface area (Å²) in [5.74, 6) is 1.62. The number of rotatable bonds is 6. The fourth-order valence-electron chi connectivity index (χ4n) is 4.65. The maximum Gasteiger partial charge on any atom is 0.225 e. The number of nitrogens with zero attached hydrogens (tertiary/aromatic N) is 3. The molecular formula is C27H29FN4OS. The van der Waals surface area contributed by atoms with Crippen molar-refractivity contribution in [2.75, 3.05) is 13.1 Å². The Morgan fingerprint density at radius 1 is 1.06 bits per heavy atom. The van der Waals surface area contributed by atoms with Crippen LogP contribution in [0.25, 0.3) is 11.3 Å². The molecule has 4 aliphatic rings. The van der Waals surface area contributed by atoms with E-state index in [0.717, 1.165) is 77.9 Å². The molecule has 34 heavy (non-hydrogen) atoms. The van der Waals surface area contributed by atoms with Crippen molar-refractivity contribution in [2.45, 2.75) is 56.9 Å².